The lowest BCUT2D eigenvalue weighted by Gasteiger charge is -2.35. The maximum Gasteiger partial charge on any atom is 0.416 e. The molecule has 10 heteroatoms. The SMILES string of the molecule is C[C@@H](CCc1ccc(C(N)=O)s1)N(C[C@H](O)COc1ccccc1)[C@H](O)Cc1cccc(C(F)(F)F)c1. The molecular formula is C27H31F3N2O4S. The van der Waals surface area contributed by atoms with Crippen LogP contribution in [0, 0.1) is 0 Å². The lowest BCUT2D eigenvalue weighted by molar-refractivity contribution is -0.137. The van der Waals surface area contributed by atoms with Gasteiger partial charge >= 0.3 is 6.18 Å². The van der Waals surface area contributed by atoms with Crippen LogP contribution >= 0.6 is 11.3 Å². The van der Waals surface area contributed by atoms with Gasteiger partial charge in [-0.1, -0.05) is 36.4 Å². The van der Waals surface area contributed by atoms with Crippen LogP contribution < -0.4 is 10.5 Å². The Labute approximate surface area is 218 Å². The molecule has 0 radical (unpaired) electrons. The molecule has 0 saturated heterocycles. The highest BCUT2D eigenvalue weighted by molar-refractivity contribution is 7.14. The van der Waals surface area contributed by atoms with Crippen LogP contribution in [0.2, 0.25) is 0 Å². The molecular weight excluding hydrogens is 505 g/mol. The normalized spacial score (nSPS) is 14.4. The smallest absolute Gasteiger partial charge is 0.416 e. The number of halogens is 3. The molecule has 0 unspecified atom stereocenters. The number of hydrogen-bond donors (Lipinski definition) is 3. The number of thiophene rings is 1. The number of benzene rings is 2. The van der Waals surface area contributed by atoms with Crippen LogP contribution in [0.4, 0.5) is 13.2 Å². The largest absolute Gasteiger partial charge is 0.491 e. The van der Waals surface area contributed by atoms with Crippen molar-refractivity contribution in [2.45, 2.75) is 50.7 Å². The molecule has 0 aliphatic rings. The minimum Gasteiger partial charge on any atom is -0.491 e. The van der Waals surface area contributed by atoms with E-state index >= 15 is 0 Å². The second-order valence-electron chi connectivity index (χ2n) is 8.88. The van der Waals surface area contributed by atoms with Gasteiger partial charge in [-0.2, -0.15) is 13.2 Å². The van der Waals surface area contributed by atoms with E-state index in [0.29, 0.717) is 29.0 Å². The predicted molar refractivity (Wildman–Crippen MR) is 136 cm³/mol. The van der Waals surface area contributed by atoms with Crippen molar-refractivity contribution in [2.75, 3.05) is 13.2 Å². The van der Waals surface area contributed by atoms with Gasteiger partial charge in [0.05, 0.1) is 10.4 Å². The summed E-state index contributed by atoms with van der Waals surface area (Å²) < 4.78 is 45.1. The molecule has 0 aliphatic heterocycles. The summed E-state index contributed by atoms with van der Waals surface area (Å²) in [5.41, 5.74) is 4.88. The Bertz CT molecular complexity index is 1140. The van der Waals surface area contributed by atoms with Crippen LogP contribution in [-0.4, -0.2) is 52.5 Å². The van der Waals surface area contributed by atoms with Crippen LogP contribution in [0.5, 0.6) is 5.75 Å². The zero-order chi connectivity index (χ0) is 27.0. The summed E-state index contributed by atoms with van der Waals surface area (Å²) in [6.45, 7) is 1.91. The fourth-order valence-corrected chi connectivity index (χ4v) is 4.84. The average molecular weight is 537 g/mol. The van der Waals surface area contributed by atoms with E-state index < -0.39 is 30.0 Å². The molecule has 0 fully saturated rings. The lowest BCUT2D eigenvalue weighted by atomic mass is 10.0. The number of aliphatic hydroxyl groups is 2. The number of aliphatic hydroxyl groups excluding tert-OH is 2. The summed E-state index contributed by atoms with van der Waals surface area (Å²) in [6.07, 6.45) is -5.46. The molecule has 3 rings (SSSR count). The number of aryl methyl sites for hydroxylation is 1. The maximum absolute atomic E-state index is 13.2. The Morgan fingerprint density at radius 3 is 2.46 bits per heavy atom. The van der Waals surface area contributed by atoms with Crippen LogP contribution in [0.15, 0.2) is 66.7 Å². The van der Waals surface area contributed by atoms with Gasteiger partial charge in [-0.05, 0) is 55.7 Å². The van der Waals surface area contributed by atoms with Crippen LogP contribution in [0.25, 0.3) is 0 Å². The second kappa shape index (κ2) is 13.0. The number of alkyl halides is 3. The number of hydrogen-bond acceptors (Lipinski definition) is 6. The van der Waals surface area contributed by atoms with E-state index in [9.17, 15) is 28.2 Å². The Kier molecular flexibility index (Phi) is 10.1. The van der Waals surface area contributed by atoms with Crippen molar-refractivity contribution < 1.29 is 32.9 Å². The van der Waals surface area contributed by atoms with E-state index in [4.69, 9.17) is 10.5 Å². The van der Waals surface area contributed by atoms with E-state index in [1.807, 2.05) is 31.2 Å². The molecule has 0 aliphatic carbocycles. The van der Waals surface area contributed by atoms with Gasteiger partial charge in [0.2, 0.25) is 0 Å². The van der Waals surface area contributed by atoms with Gasteiger partial charge < -0.3 is 20.7 Å². The van der Waals surface area contributed by atoms with Gasteiger partial charge in [0.15, 0.2) is 0 Å². The molecule has 3 atom stereocenters. The summed E-state index contributed by atoms with van der Waals surface area (Å²) in [6, 6.07) is 17.1. The molecule has 0 saturated carbocycles. The van der Waals surface area contributed by atoms with Crippen LogP contribution in [-0.2, 0) is 19.0 Å². The second-order valence-corrected chi connectivity index (χ2v) is 10.0. The van der Waals surface area contributed by atoms with Crippen molar-refractivity contribution in [3.8, 4) is 5.75 Å². The molecule has 37 heavy (non-hydrogen) atoms. The summed E-state index contributed by atoms with van der Waals surface area (Å²) in [7, 11) is 0. The molecule has 4 N–H and O–H groups in total. The molecule has 3 aromatic rings. The van der Waals surface area contributed by atoms with Gasteiger partial charge in [-0.15, -0.1) is 11.3 Å². The number of rotatable bonds is 13. The number of nitrogens with zero attached hydrogens (tertiary/aromatic N) is 1. The first kappa shape index (κ1) is 28.6. The van der Waals surface area contributed by atoms with Crippen molar-refractivity contribution in [3.05, 3.63) is 87.6 Å². The van der Waals surface area contributed by atoms with E-state index in [2.05, 4.69) is 0 Å². The summed E-state index contributed by atoms with van der Waals surface area (Å²) in [5.74, 6) is 0.0950. The first-order valence-corrected chi connectivity index (χ1v) is 12.7. The predicted octanol–water partition coefficient (Wildman–Crippen LogP) is 4.49. The number of nitrogens with two attached hydrogens (primary N) is 1. The topological polar surface area (TPSA) is 96.0 Å². The lowest BCUT2D eigenvalue weighted by Crippen LogP contribution is -2.48. The molecule has 1 aromatic heterocycles. The molecule has 200 valence electrons. The van der Waals surface area contributed by atoms with E-state index in [1.165, 1.54) is 23.5 Å². The Morgan fingerprint density at radius 2 is 1.81 bits per heavy atom. The standard InChI is InChI=1S/C27H31F3N2O4S/c1-18(10-11-23-12-13-24(37-23)26(31)35)32(16-21(33)17-36-22-8-3-2-4-9-22)25(34)15-19-6-5-7-20(14-19)27(28,29)30/h2-9,12-14,18,21,25,33-34H,10-11,15-17H2,1H3,(H2,31,35)/t18-,21-,25+/m0/s1. The first-order valence-electron chi connectivity index (χ1n) is 11.9. The van der Waals surface area contributed by atoms with Crippen molar-refractivity contribution in [3.63, 3.8) is 0 Å². The molecule has 2 aromatic carbocycles. The number of para-hydroxylation sites is 1. The highest BCUT2D eigenvalue weighted by atomic mass is 32.1. The highest BCUT2D eigenvalue weighted by Gasteiger charge is 2.31. The fourth-order valence-electron chi connectivity index (χ4n) is 3.96. The van der Waals surface area contributed by atoms with E-state index in [1.54, 1.807) is 23.1 Å². The van der Waals surface area contributed by atoms with E-state index in [0.717, 1.165) is 17.0 Å². The van der Waals surface area contributed by atoms with Crippen molar-refractivity contribution in [1.82, 2.24) is 4.90 Å². The van der Waals surface area contributed by atoms with Gasteiger partial charge in [0.1, 0.15) is 24.7 Å². The van der Waals surface area contributed by atoms with Crippen molar-refractivity contribution in [2.24, 2.45) is 5.73 Å². The third-order valence-corrected chi connectivity index (χ3v) is 7.10. The van der Waals surface area contributed by atoms with Gasteiger partial charge in [-0.3, -0.25) is 9.69 Å². The summed E-state index contributed by atoms with van der Waals surface area (Å²) in [5, 5.41) is 21.7. The number of carbonyl (C=O) groups is 1. The maximum atomic E-state index is 13.2. The first-order chi connectivity index (χ1) is 17.5. The Hall–Kier alpha value is -2.92. The zero-order valence-corrected chi connectivity index (χ0v) is 21.2. The van der Waals surface area contributed by atoms with E-state index in [-0.39, 0.29) is 25.6 Å². The van der Waals surface area contributed by atoms with Gasteiger partial charge in [0, 0.05) is 23.9 Å². The zero-order valence-electron chi connectivity index (χ0n) is 20.4. The quantitative estimate of drug-likeness (QED) is 0.280. The van der Waals surface area contributed by atoms with Gasteiger partial charge in [0.25, 0.3) is 5.91 Å². The minimum atomic E-state index is -4.48. The van der Waals surface area contributed by atoms with Crippen molar-refractivity contribution in [1.29, 1.82) is 0 Å². The fraction of sp³-hybridized carbons (Fsp3) is 0.370. The molecule has 1 heterocycles. The third-order valence-electron chi connectivity index (χ3n) is 5.94. The molecule has 0 bridgehead atoms. The van der Waals surface area contributed by atoms with Crippen LogP contribution in [0.1, 0.15) is 39.0 Å². The van der Waals surface area contributed by atoms with Crippen molar-refractivity contribution >= 4 is 17.2 Å². The number of primary amides is 1. The number of amides is 1. The summed E-state index contributed by atoms with van der Waals surface area (Å²) >= 11 is 1.30. The minimum absolute atomic E-state index is 0.0175. The Balaban J connectivity index is 1.70. The highest BCUT2D eigenvalue weighted by Crippen LogP contribution is 2.30. The number of ether oxygens (including phenoxy) is 1. The average Bonchev–Trinajstić information content (AvgIpc) is 3.34. The van der Waals surface area contributed by atoms with Crippen LogP contribution in [0.3, 0.4) is 0 Å². The monoisotopic (exact) mass is 536 g/mol. The molecule has 1 amide bonds. The summed E-state index contributed by atoms with van der Waals surface area (Å²) in [4.78, 5) is 14.4. The van der Waals surface area contributed by atoms with Gasteiger partial charge in [-0.25, -0.2) is 0 Å². The molecule has 0 spiro atoms. The third kappa shape index (κ3) is 8.85. The molecule has 6 nitrogen and oxygen atoms in total. The Morgan fingerprint density at radius 1 is 1.08 bits per heavy atom. The number of carbonyl (C=O) groups excluding carboxylic acids is 1.